The number of alkyl halides is 1. The third-order valence-corrected chi connectivity index (χ3v) is 4.69. The maximum atomic E-state index is 11.7. The van der Waals surface area contributed by atoms with Gasteiger partial charge in [-0.1, -0.05) is 0 Å². The van der Waals surface area contributed by atoms with Gasteiger partial charge < -0.3 is 10.3 Å². The average molecular weight is 188 g/mol. The summed E-state index contributed by atoms with van der Waals surface area (Å²) in [6, 6.07) is 0.644. The Morgan fingerprint density at radius 3 is 2.83 bits per heavy atom. The second kappa shape index (κ2) is 2.37. The minimum absolute atomic E-state index is 0.185. The summed E-state index contributed by atoms with van der Waals surface area (Å²) in [5, 5.41) is 12.4. The van der Waals surface area contributed by atoms with Crippen LogP contribution in [0.25, 0.3) is 0 Å². The summed E-state index contributed by atoms with van der Waals surface area (Å²) in [4.78, 5) is 0. The number of quaternary nitrogens is 1. The van der Waals surface area contributed by atoms with Gasteiger partial charge >= 0.3 is 0 Å². The largest absolute Gasteiger partial charge is 0.634 e. The molecule has 1 N–H and O–H groups in total. The van der Waals surface area contributed by atoms with Crippen molar-refractivity contribution < 1.29 is 5.06 Å². The number of piperidine rings is 2. The summed E-state index contributed by atoms with van der Waals surface area (Å²) in [6.07, 6.45) is 4.67. The molecule has 68 valence electrons. The highest BCUT2D eigenvalue weighted by Gasteiger charge is 2.52. The van der Waals surface area contributed by atoms with Gasteiger partial charge in [0.15, 0.2) is 0 Å². The average Bonchev–Trinajstić information content (AvgIpc) is 2.07. The third-order valence-electron chi connectivity index (χ3n) is 4.03. The maximum Gasteiger partial charge on any atom is 0.104 e. The van der Waals surface area contributed by atoms with Crippen molar-refractivity contribution in [3.63, 3.8) is 0 Å². The van der Waals surface area contributed by atoms with Gasteiger partial charge in [0, 0.05) is 19.3 Å². The number of halogens is 1. The van der Waals surface area contributed by atoms with Crippen LogP contribution >= 0.6 is 11.6 Å². The summed E-state index contributed by atoms with van der Waals surface area (Å²) in [5.41, 5.74) is 0. The molecule has 0 amide bonds. The van der Waals surface area contributed by atoms with Crippen LogP contribution in [0.3, 0.4) is 0 Å². The van der Waals surface area contributed by atoms with Gasteiger partial charge in [0.05, 0.1) is 11.4 Å². The van der Waals surface area contributed by atoms with Crippen molar-refractivity contribution in [1.29, 1.82) is 0 Å². The Morgan fingerprint density at radius 2 is 2.00 bits per heavy atom. The van der Waals surface area contributed by atoms with Gasteiger partial charge in [-0.2, -0.15) is 0 Å². The predicted octanol–water partition coefficient (Wildman–Crippen LogP) is 0.547. The first-order valence-corrected chi connectivity index (χ1v) is 5.37. The Labute approximate surface area is 77.5 Å². The lowest BCUT2D eigenvalue weighted by Gasteiger charge is -2.57. The molecule has 0 spiro atoms. The van der Waals surface area contributed by atoms with E-state index in [0.29, 0.717) is 17.0 Å². The molecule has 2 saturated heterocycles. The molecule has 0 aromatic rings. The fourth-order valence-corrected chi connectivity index (χ4v) is 4.00. The fourth-order valence-electron chi connectivity index (χ4n) is 3.56. The first kappa shape index (κ1) is 7.60. The Bertz CT molecular complexity index is 193. The van der Waals surface area contributed by atoms with E-state index < -0.39 is 0 Å². The monoisotopic (exact) mass is 187 g/mol. The van der Waals surface area contributed by atoms with Gasteiger partial charge in [0.2, 0.25) is 0 Å². The Kier molecular flexibility index (Phi) is 1.50. The van der Waals surface area contributed by atoms with Crippen molar-refractivity contribution in [2.45, 2.75) is 43.1 Å². The summed E-state index contributed by atoms with van der Waals surface area (Å²) in [6.45, 7) is 0. The Morgan fingerprint density at radius 1 is 1.17 bits per heavy atom. The molecule has 4 bridgehead atoms. The maximum absolute atomic E-state index is 11.7. The van der Waals surface area contributed by atoms with Gasteiger partial charge in [0.1, 0.15) is 6.04 Å². The second-order valence-corrected chi connectivity index (χ2v) is 5.22. The molecule has 3 heteroatoms. The van der Waals surface area contributed by atoms with Crippen molar-refractivity contribution in [2.75, 3.05) is 0 Å². The first-order valence-electron chi connectivity index (χ1n) is 4.93. The van der Waals surface area contributed by atoms with Crippen LogP contribution in [0.2, 0.25) is 0 Å². The molecule has 2 unspecified atom stereocenters. The number of hydrogen-bond acceptors (Lipinski definition) is 1. The molecule has 4 aliphatic rings. The minimum atomic E-state index is 0.185. The van der Waals surface area contributed by atoms with Gasteiger partial charge in [-0.3, -0.25) is 0 Å². The van der Waals surface area contributed by atoms with Crippen LogP contribution < -0.4 is 5.06 Å². The van der Waals surface area contributed by atoms with E-state index in [2.05, 4.69) is 0 Å². The summed E-state index contributed by atoms with van der Waals surface area (Å²) >= 11 is 6.24. The lowest BCUT2D eigenvalue weighted by Crippen LogP contribution is -3.19. The van der Waals surface area contributed by atoms with E-state index in [1.165, 1.54) is 12.8 Å². The normalized spacial score (nSPS) is 62.5. The van der Waals surface area contributed by atoms with Crippen molar-refractivity contribution >= 4 is 11.6 Å². The predicted molar refractivity (Wildman–Crippen MR) is 47.0 cm³/mol. The summed E-state index contributed by atoms with van der Waals surface area (Å²) in [7, 11) is 0. The molecule has 2 nitrogen and oxygen atoms in total. The molecular weight excluding hydrogens is 174 g/mol. The minimum Gasteiger partial charge on any atom is -0.634 e. The quantitative estimate of drug-likeness (QED) is 0.435. The molecular formula is C9H14ClNO. The summed E-state index contributed by atoms with van der Waals surface area (Å²) in [5.74, 6) is 1.51. The molecule has 2 aliphatic heterocycles. The smallest absolute Gasteiger partial charge is 0.104 e. The van der Waals surface area contributed by atoms with Crippen LogP contribution in [0.5, 0.6) is 0 Å². The zero-order valence-electron chi connectivity index (χ0n) is 7.00. The standard InChI is InChI=1S/C9H14ClNO/c10-9-6-1-5-2-7(4-6)11(12)8(9)3-5/h5-9,11H,1-4H2/t5-,6+,7-,8+,9?/m0/s1. The van der Waals surface area contributed by atoms with E-state index in [-0.39, 0.29) is 11.4 Å². The highest BCUT2D eigenvalue weighted by atomic mass is 35.5. The fraction of sp³-hybridized carbons (Fsp3) is 1.00. The third kappa shape index (κ3) is 0.835. The molecule has 6 atom stereocenters. The lowest BCUT2D eigenvalue weighted by atomic mass is 9.64. The number of nitrogens with one attached hydrogen (secondary N) is 1. The lowest BCUT2D eigenvalue weighted by molar-refractivity contribution is -0.919. The van der Waals surface area contributed by atoms with Crippen LogP contribution in [-0.2, 0) is 0 Å². The first-order chi connectivity index (χ1) is 5.75. The van der Waals surface area contributed by atoms with Crippen LogP contribution in [0.15, 0.2) is 0 Å². The number of rotatable bonds is 0. The van der Waals surface area contributed by atoms with Crippen LogP contribution in [0, 0.1) is 17.0 Å². The SMILES string of the molecule is [O-][NH+]1[C@H]2C[C@@H]3C[C@H](C2)C(Cl)[C@H]1C3. The molecule has 0 aromatic carbocycles. The zero-order valence-corrected chi connectivity index (χ0v) is 7.76. The van der Waals surface area contributed by atoms with Gasteiger partial charge in [-0.25, -0.2) is 0 Å². The van der Waals surface area contributed by atoms with Gasteiger partial charge in [0.25, 0.3) is 0 Å². The van der Waals surface area contributed by atoms with Gasteiger partial charge in [-0.15, -0.1) is 11.6 Å². The van der Waals surface area contributed by atoms with Crippen molar-refractivity contribution in [3.05, 3.63) is 5.21 Å². The zero-order chi connectivity index (χ0) is 8.29. The van der Waals surface area contributed by atoms with E-state index in [1.54, 1.807) is 0 Å². The molecule has 2 heterocycles. The van der Waals surface area contributed by atoms with Crippen LogP contribution in [-0.4, -0.2) is 17.5 Å². The molecule has 0 aromatic heterocycles. The van der Waals surface area contributed by atoms with E-state index >= 15 is 0 Å². The van der Waals surface area contributed by atoms with Crippen LogP contribution in [0.4, 0.5) is 0 Å². The molecule has 2 saturated carbocycles. The Balaban J connectivity index is 1.93. The van der Waals surface area contributed by atoms with E-state index in [9.17, 15) is 5.21 Å². The number of hydroxylamine groups is 2. The summed E-state index contributed by atoms with van der Waals surface area (Å²) < 4.78 is 0. The highest BCUT2D eigenvalue weighted by Crippen LogP contribution is 2.44. The van der Waals surface area contributed by atoms with Crippen molar-refractivity contribution in [2.24, 2.45) is 11.8 Å². The topological polar surface area (TPSA) is 27.5 Å². The molecule has 4 fully saturated rings. The van der Waals surface area contributed by atoms with Crippen molar-refractivity contribution in [3.8, 4) is 0 Å². The second-order valence-electron chi connectivity index (χ2n) is 4.72. The van der Waals surface area contributed by atoms with E-state index in [4.69, 9.17) is 11.6 Å². The Hall–Kier alpha value is 0.210. The van der Waals surface area contributed by atoms with E-state index in [0.717, 1.165) is 18.8 Å². The highest BCUT2D eigenvalue weighted by molar-refractivity contribution is 6.21. The number of hydrogen-bond donors (Lipinski definition) is 1. The van der Waals surface area contributed by atoms with Crippen LogP contribution in [0.1, 0.15) is 25.7 Å². The molecule has 4 rings (SSSR count). The van der Waals surface area contributed by atoms with Crippen molar-refractivity contribution in [1.82, 2.24) is 0 Å². The molecule has 0 radical (unpaired) electrons. The van der Waals surface area contributed by atoms with E-state index in [1.807, 2.05) is 0 Å². The molecule has 12 heavy (non-hydrogen) atoms. The molecule has 2 aliphatic carbocycles. The van der Waals surface area contributed by atoms with Gasteiger partial charge in [-0.05, 0) is 18.3 Å².